The van der Waals surface area contributed by atoms with Gasteiger partial charge in [-0.05, 0) is 30.7 Å². The van der Waals surface area contributed by atoms with Crippen LogP contribution in [-0.2, 0) is 4.79 Å². The van der Waals surface area contributed by atoms with Crippen molar-refractivity contribution in [1.29, 1.82) is 0 Å². The Bertz CT molecular complexity index is 493. The van der Waals surface area contributed by atoms with E-state index in [0.717, 1.165) is 11.3 Å². The second-order valence-corrected chi connectivity index (χ2v) is 4.31. The molecule has 0 fully saturated rings. The van der Waals surface area contributed by atoms with E-state index in [4.69, 9.17) is 9.52 Å². The van der Waals surface area contributed by atoms with Crippen LogP contribution in [-0.4, -0.2) is 17.6 Å². The Morgan fingerprint density at radius 2 is 2.00 bits per heavy atom. The monoisotopic (exact) mass is 259 g/mol. The maximum Gasteiger partial charge on any atom is 0.303 e. The summed E-state index contributed by atoms with van der Waals surface area (Å²) in [7, 11) is 0. The highest BCUT2D eigenvalue weighted by atomic mass is 16.4. The molecule has 2 aromatic rings. The smallest absolute Gasteiger partial charge is 0.303 e. The molecule has 2 rings (SSSR count). The highest BCUT2D eigenvalue weighted by Gasteiger charge is 2.15. The van der Waals surface area contributed by atoms with Crippen LogP contribution in [0.1, 0.15) is 30.2 Å². The number of aliphatic carboxylic acids is 1. The molecule has 1 aromatic carbocycles. The molecule has 1 aromatic heterocycles. The Morgan fingerprint density at radius 3 is 2.63 bits per heavy atom. The number of rotatable bonds is 7. The van der Waals surface area contributed by atoms with Crippen molar-refractivity contribution in [1.82, 2.24) is 5.32 Å². The molecule has 0 spiro atoms. The van der Waals surface area contributed by atoms with E-state index >= 15 is 0 Å². The fourth-order valence-corrected chi connectivity index (χ4v) is 1.97. The summed E-state index contributed by atoms with van der Waals surface area (Å²) in [5, 5.41) is 12.0. The first kappa shape index (κ1) is 13.4. The molecule has 1 heterocycles. The van der Waals surface area contributed by atoms with Crippen LogP contribution < -0.4 is 5.32 Å². The molecule has 0 bridgehead atoms. The maximum absolute atomic E-state index is 10.5. The lowest BCUT2D eigenvalue weighted by Gasteiger charge is -2.16. The number of nitrogens with one attached hydrogen (secondary N) is 1. The summed E-state index contributed by atoms with van der Waals surface area (Å²) < 4.78 is 5.45. The van der Waals surface area contributed by atoms with E-state index < -0.39 is 5.97 Å². The van der Waals surface area contributed by atoms with Gasteiger partial charge in [0.15, 0.2) is 0 Å². The van der Waals surface area contributed by atoms with E-state index in [2.05, 4.69) is 5.32 Å². The van der Waals surface area contributed by atoms with Crippen LogP contribution in [0.4, 0.5) is 0 Å². The number of furan rings is 1. The second-order valence-electron chi connectivity index (χ2n) is 4.31. The largest absolute Gasteiger partial charge is 0.481 e. The fourth-order valence-electron chi connectivity index (χ4n) is 1.97. The maximum atomic E-state index is 10.5. The highest BCUT2D eigenvalue weighted by molar-refractivity contribution is 5.66. The van der Waals surface area contributed by atoms with Crippen molar-refractivity contribution in [3.63, 3.8) is 0 Å². The van der Waals surface area contributed by atoms with E-state index in [9.17, 15) is 4.79 Å². The minimum atomic E-state index is -0.768. The summed E-state index contributed by atoms with van der Waals surface area (Å²) in [5.74, 6) is 0.0672. The van der Waals surface area contributed by atoms with Crippen molar-refractivity contribution in [2.75, 3.05) is 6.54 Å². The topological polar surface area (TPSA) is 62.5 Å². The third-order valence-corrected chi connectivity index (χ3v) is 2.88. The molecule has 0 radical (unpaired) electrons. The summed E-state index contributed by atoms with van der Waals surface area (Å²) >= 11 is 0. The SMILES string of the molecule is O=C(O)CCCNC(c1ccccc1)c1ccco1. The summed E-state index contributed by atoms with van der Waals surface area (Å²) in [6.45, 7) is 0.632. The van der Waals surface area contributed by atoms with Crippen molar-refractivity contribution in [3.8, 4) is 0 Å². The van der Waals surface area contributed by atoms with Crippen LogP contribution in [0, 0.1) is 0 Å². The number of carboxylic acids is 1. The zero-order valence-corrected chi connectivity index (χ0v) is 10.6. The van der Waals surface area contributed by atoms with Crippen molar-refractivity contribution >= 4 is 5.97 Å². The molecule has 1 atom stereocenters. The average molecular weight is 259 g/mol. The van der Waals surface area contributed by atoms with Crippen LogP contribution in [0.3, 0.4) is 0 Å². The van der Waals surface area contributed by atoms with E-state index in [1.54, 1.807) is 6.26 Å². The van der Waals surface area contributed by atoms with Crippen LogP contribution in [0.5, 0.6) is 0 Å². The standard InChI is InChI=1S/C15H17NO3/c17-14(18)9-4-10-16-15(13-8-5-11-19-13)12-6-2-1-3-7-12/h1-3,5-8,11,15-16H,4,9-10H2,(H,17,18). The molecule has 4 heteroatoms. The summed E-state index contributed by atoms with van der Waals surface area (Å²) in [4.78, 5) is 10.5. The number of benzene rings is 1. The van der Waals surface area contributed by atoms with E-state index in [1.807, 2.05) is 42.5 Å². The van der Waals surface area contributed by atoms with Gasteiger partial charge in [-0.25, -0.2) is 0 Å². The molecule has 0 saturated heterocycles. The van der Waals surface area contributed by atoms with Gasteiger partial charge in [0.2, 0.25) is 0 Å². The first-order valence-corrected chi connectivity index (χ1v) is 6.31. The predicted octanol–water partition coefficient (Wildman–Crippen LogP) is 2.82. The molecular weight excluding hydrogens is 242 g/mol. The van der Waals surface area contributed by atoms with Gasteiger partial charge in [0.25, 0.3) is 0 Å². The Labute approximate surface area is 112 Å². The van der Waals surface area contributed by atoms with Crippen molar-refractivity contribution in [3.05, 3.63) is 60.1 Å². The third kappa shape index (κ3) is 3.96. The Hall–Kier alpha value is -2.07. The molecule has 0 aliphatic heterocycles. The van der Waals surface area contributed by atoms with Gasteiger partial charge in [0.05, 0.1) is 12.3 Å². The summed E-state index contributed by atoms with van der Waals surface area (Å²) in [6, 6.07) is 13.7. The fraction of sp³-hybridized carbons (Fsp3) is 0.267. The Morgan fingerprint density at radius 1 is 1.21 bits per heavy atom. The van der Waals surface area contributed by atoms with Crippen molar-refractivity contribution < 1.29 is 14.3 Å². The van der Waals surface area contributed by atoms with Gasteiger partial charge in [-0.15, -0.1) is 0 Å². The van der Waals surface area contributed by atoms with Gasteiger partial charge in [-0.1, -0.05) is 30.3 Å². The summed E-state index contributed by atoms with van der Waals surface area (Å²) in [5.41, 5.74) is 1.10. The Balaban J connectivity index is 2.02. The van der Waals surface area contributed by atoms with Crippen molar-refractivity contribution in [2.45, 2.75) is 18.9 Å². The van der Waals surface area contributed by atoms with Crippen LogP contribution in [0.25, 0.3) is 0 Å². The number of carbonyl (C=O) groups is 1. The number of hydrogen-bond donors (Lipinski definition) is 2. The second kappa shape index (κ2) is 6.75. The normalized spacial score (nSPS) is 12.2. The van der Waals surface area contributed by atoms with Crippen molar-refractivity contribution in [2.24, 2.45) is 0 Å². The van der Waals surface area contributed by atoms with Gasteiger partial charge in [-0.3, -0.25) is 4.79 Å². The van der Waals surface area contributed by atoms with E-state index in [1.165, 1.54) is 0 Å². The zero-order valence-electron chi connectivity index (χ0n) is 10.6. The van der Waals surface area contributed by atoms with Crippen LogP contribution >= 0.6 is 0 Å². The van der Waals surface area contributed by atoms with Crippen LogP contribution in [0.2, 0.25) is 0 Å². The minimum absolute atomic E-state index is 0.0370. The molecule has 4 nitrogen and oxygen atoms in total. The molecule has 19 heavy (non-hydrogen) atoms. The first-order chi connectivity index (χ1) is 9.27. The lowest BCUT2D eigenvalue weighted by molar-refractivity contribution is -0.137. The van der Waals surface area contributed by atoms with Gasteiger partial charge in [-0.2, -0.15) is 0 Å². The molecule has 100 valence electrons. The van der Waals surface area contributed by atoms with Gasteiger partial charge < -0.3 is 14.8 Å². The number of carboxylic acid groups (broad SMARTS) is 1. The third-order valence-electron chi connectivity index (χ3n) is 2.88. The lowest BCUT2D eigenvalue weighted by Crippen LogP contribution is -2.23. The highest BCUT2D eigenvalue weighted by Crippen LogP contribution is 2.22. The quantitative estimate of drug-likeness (QED) is 0.750. The Kier molecular flexibility index (Phi) is 4.75. The van der Waals surface area contributed by atoms with E-state index in [-0.39, 0.29) is 12.5 Å². The van der Waals surface area contributed by atoms with Gasteiger partial charge in [0, 0.05) is 6.42 Å². The predicted molar refractivity (Wildman–Crippen MR) is 71.9 cm³/mol. The van der Waals surface area contributed by atoms with Gasteiger partial charge in [0.1, 0.15) is 5.76 Å². The zero-order chi connectivity index (χ0) is 13.5. The molecule has 0 saturated carbocycles. The van der Waals surface area contributed by atoms with Gasteiger partial charge >= 0.3 is 5.97 Å². The molecule has 1 unspecified atom stereocenters. The lowest BCUT2D eigenvalue weighted by atomic mass is 10.0. The molecule has 0 aliphatic rings. The molecule has 2 N–H and O–H groups in total. The molecule has 0 amide bonds. The molecule has 0 aliphatic carbocycles. The minimum Gasteiger partial charge on any atom is -0.481 e. The molecular formula is C15H17NO3. The first-order valence-electron chi connectivity index (χ1n) is 6.31. The summed E-state index contributed by atoms with van der Waals surface area (Å²) in [6.07, 6.45) is 2.41. The average Bonchev–Trinajstić information content (AvgIpc) is 2.93. The number of hydrogen-bond acceptors (Lipinski definition) is 3. The van der Waals surface area contributed by atoms with E-state index in [0.29, 0.717) is 13.0 Å². The van der Waals surface area contributed by atoms with Crippen LogP contribution in [0.15, 0.2) is 53.1 Å².